The van der Waals surface area contributed by atoms with Crippen molar-refractivity contribution in [2.45, 2.75) is 97.8 Å². The first-order valence-corrected chi connectivity index (χ1v) is 15.9. The molecule has 1 heterocycles. The lowest BCUT2D eigenvalue weighted by atomic mass is 10.2. The van der Waals surface area contributed by atoms with Gasteiger partial charge in [0, 0.05) is 0 Å². The lowest BCUT2D eigenvalue weighted by Gasteiger charge is -2.34. The van der Waals surface area contributed by atoms with E-state index >= 15 is 0 Å². The van der Waals surface area contributed by atoms with Gasteiger partial charge in [-0.05, 0) is 19.3 Å². The maximum Gasteiger partial charge on any atom is 0.345 e. The quantitative estimate of drug-likeness (QED) is 0.186. The van der Waals surface area contributed by atoms with Gasteiger partial charge in [-0.3, -0.25) is 13.7 Å². The highest BCUT2D eigenvalue weighted by Gasteiger charge is 2.51. The number of hydrogen-bond acceptors (Lipinski definition) is 6. The predicted octanol–water partition coefficient (Wildman–Crippen LogP) is 8.37. The summed E-state index contributed by atoms with van der Waals surface area (Å²) in [5.41, 5.74) is 0. The highest BCUT2D eigenvalue weighted by Crippen LogP contribution is 2.82. The van der Waals surface area contributed by atoms with E-state index in [1.165, 1.54) is 0 Å². The Morgan fingerprint density at radius 2 is 0.704 bits per heavy atom. The second kappa shape index (κ2) is 13.0. The van der Waals surface area contributed by atoms with Gasteiger partial charge in [-0.25, -0.2) is 12.9 Å². The highest BCUT2D eigenvalue weighted by atomic mass is 31.3. The second-order valence-electron chi connectivity index (χ2n) is 7.43. The largest absolute Gasteiger partial charge is 0.345 e. The summed E-state index contributed by atoms with van der Waals surface area (Å²) in [5.74, 6) is 0. The van der Waals surface area contributed by atoms with Gasteiger partial charge in [-0.15, -0.1) is 0 Å². The van der Waals surface area contributed by atoms with Gasteiger partial charge in [0.25, 0.3) is 0 Å². The molecule has 1 fully saturated rings. The Kier molecular flexibility index (Phi) is 12.3. The van der Waals surface area contributed by atoms with E-state index in [-0.39, 0.29) is 18.5 Å². The minimum atomic E-state index is -3.66. The molecule has 0 aromatic carbocycles. The van der Waals surface area contributed by atoms with Crippen LogP contribution in [0.1, 0.15) is 97.8 Å². The van der Waals surface area contributed by atoms with Crippen LogP contribution in [0.2, 0.25) is 0 Å². The van der Waals surface area contributed by atoms with Gasteiger partial charge in [0.15, 0.2) is 0 Å². The van der Waals surface area contributed by atoms with Gasteiger partial charge in [0.05, 0.1) is 18.5 Å². The molecule has 0 amide bonds. The van der Waals surface area contributed by atoms with Crippen LogP contribution in [0.4, 0.5) is 0 Å². The van der Waals surface area contributed by atoms with E-state index in [1.54, 1.807) is 0 Å². The Bertz CT molecular complexity index is 457. The Morgan fingerprint density at radius 1 is 0.444 bits per heavy atom. The molecule has 1 aliphatic rings. The summed E-state index contributed by atoms with van der Waals surface area (Å²) in [5, 5.41) is 0. The first-order valence-electron chi connectivity index (χ1n) is 10.7. The summed E-state index contributed by atoms with van der Waals surface area (Å²) < 4.78 is 55.7. The Morgan fingerprint density at radius 3 is 0.926 bits per heavy atom. The molecule has 27 heavy (non-hydrogen) atoms. The predicted molar refractivity (Wildman–Crippen MR) is 113 cm³/mol. The molecule has 0 saturated carbocycles. The molecular weight excluding hydrogens is 405 g/mol. The van der Waals surface area contributed by atoms with E-state index in [9.17, 15) is 13.7 Å². The average molecular weight is 444 g/mol. The van der Waals surface area contributed by atoms with Gasteiger partial charge in [0.2, 0.25) is 0 Å². The third-order valence-electron chi connectivity index (χ3n) is 4.60. The molecule has 0 aromatic heterocycles. The molecule has 0 radical (unpaired) electrons. The van der Waals surface area contributed by atoms with Crippen LogP contribution >= 0.6 is 22.8 Å². The maximum absolute atomic E-state index is 13.1. The smallest absolute Gasteiger partial charge is 0.259 e. The zero-order valence-corrected chi connectivity index (χ0v) is 20.1. The van der Waals surface area contributed by atoms with E-state index in [0.717, 1.165) is 57.8 Å². The highest BCUT2D eigenvalue weighted by molar-refractivity contribution is 7.80. The SMILES string of the molecule is CCCCCCP1(=O)OP(=O)(CCCCCC)OP(=O)(CCCCCC)O1. The van der Waals surface area contributed by atoms with Gasteiger partial charge in [0.1, 0.15) is 0 Å². The van der Waals surface area contributed by atoms with Gasteiger partial charge in [-0.1, -0.05) is 78.6 Å². The third-order valence-corrected chi connectivity index (χ3v) is 13.2. The number of hydrogen-bond donors (Lipinski definition) is 0. The Labute approximate surface area is 166 Å². The van der Waals surface area contributed by atoms with E-state index in [2.05, 4.69) is 20.8 Å². The van der Waals surface area contributed by atoms with Crippen molar-refractivity contribution in [3.8, 4) is 0 Å². The fourth-order valence-electron chi connectivity index (χ4n) is 3.05. The van der Waals surface area contributed by atoms with Crippen LogP contribution in [-0.2, 0) is 26.6 Å². The van der Waals surface area contributed by atoms with Crippen molar-refractivity contribution in [1.82, 2.24) is 0 Å². The zero-order valence-electron chi connectivity index (χ0n) is 17.4. The molecular formula is C18H39O6P3. The normalized spacial score (nSPS) is 31.2. The standard InChI is InChI=1S/C18H39O6P3/c1-4-7-10-13-16-25(19)22-26(20,17-14-11-8-5-2)24-27(21,23-25)18-15-12-9-6-3/h4-18H2,1-3H3. The monoisotopic (exact) mass is 444 g/mol. The fourth-order valence-corrected chi connectivity index (χ4v) is 12.6. The molecule has 0 unspecified atom stereocenters. The lowest BCUT2D eigenvalue weighted by molar-refractivity contribution is 0.274. The van der Waals surface area contributed by atoms with Crippen LogP contribution in [-0.4, -0.2) is 18.5 Å². The summed E-state index contributed by atoms with van der Waals surface area (Å²) in [6.45, 7) is 6.29. The molecule has 1 saturated heterocycles. The molecule has 1 rings (SSSR count). The average Bonchev–Trinajstić information content (AvgIpc) is 2.58. The van der Waals surface area contributed by atoms with Crippen LogP contribution in [0.15, 0.2) is 0 Å². The molecule has 0 bridgehead atoms. The molecule has 1 aliphatic heterocycles. The van der Waals surface area contributed by atoms with Crippen LogP contribution in [0.25, 0.3) is 0 Å². The van der Waals surface area contributed by atoms with Crippen molar-refractivity contribution in [3.05, 3.63) is 0 Å². The van der Waals surface area contributed by atoms with Crippen molar-refractivity contribution in [3.63, 3.8) is 0 Å². The molecule has 0 N–H and O–H groups in total. The first kappa shape index (κ1) is 25.6. The van der Waals surface area contributed by atoms with Crippen molar-refractivity contribution < 1.29 is 26.6 Å². The summed E-state index contributed by atoms with van der Waals surface area (Å²) in [4.78, 5) is 0. The minimum Gasteiger partial charge on any atom is -0.259 e. The lowest BCUT2D eigenvalue weighted by Crippen LogP contribution is -2.11. The van der Waals surface area contributed by atoms with E-state index in [4.69, 9.17) is 12.9 Å². The maximum atomic E-state index is 13.1. The Balaban J connectivity index is 2.79. The van der Waals surface area contributed by atoms with Crippen molar-refractivity contribution in [2.24, 2.45) is 0 Å². The number of rotatable bonds is 15. The van der Waals surface area contributed by atoms with E-state index < -0.39 is 22.8 Å². The summed E-state index contributed by atoms with van der Waals surface area (Å²) in [6.07, 6.45) is 11.4. The molecule has 0 aliphatic carbocycles. The first-order chi connectivity index (χ1) is 12.8. The van der Waals surface area contributed by atoms with Crippen LogP contribution < -0.4 is 0 Å². The fraction of sp³-hybridized carbons (Fsp3) is 1.00. The topological polar surface area (TPSA) is 78.9 Å². The van der Waals surface area contributed by atoms with Gasteiger partial charge < -0.3 is 0 Å². The molecule has 0 spiro atoms. The van der Waals surface area contributed by atoms with Crippen LogP contribution in [0.5, 0.6) is 0 Å². The Hall–Kier alpha value is 0.570. The molecule has 9 heteroatoms. The van der Waals surface area contributed by atoms with Gasteiger partial charge >= 0.3 is 22.8 Å². The van der Waals surface area contributed by atoms with E-state index in [1.807, 2.05) is 0 Å². The van der Waals surface area contributed by atoms with Crippen molar-refractivity contribution >= 4 is 22.8 Å². The molecule has 162 valence electrons. The van der Waals surface area contributed by atoms with Crippen molar-refractivity contribution in [1.29, 1.82) is 0 Å². The third kappa shape index (κ3) is 10.2. The molecule has 0 aromatic rings. The number of unbranched alkanes of at least 4 members (excludes halogenated alkanes) is 9. The molecule has 6 nitrogen and oxygen atoms in total. The zero-order chi connectivity index (χ0) is 20.2. The minimum absolute atomic E-state index is 0.161. The van der Waals surface area contributed by atoms with Gasteiger partial charge in [-0.2, -0.15) is 0 Å². The van der Waals surface area contributed by atoms with Crippen LogP contribution in [0, 0.1) is 0 Å². The van der Waals surface area contributed by atoms with Crippen LogP contribution in [0.3, 0.4) is 0 Å². The van der Waals surface area contributed by atoms with E-state index in [0.29, 0.717) is 19.3 Å². The molecule has 0 atom stereocenters. The second-order valence-corrected chi connectivity index (χ2v) is 14.4. The summed E-state index contributed by atoms with van der Waals surface area (Å²) in [7, 11) is -11.0. The van der Waals surface area contributed by atoms with Crippen molar-refractivity contribution in [2.75, 3.05) is 18.5 Å². The summed E-state index contributed by atoms with van der Waals surface area (Å²) in [6, 6.07) is 0. The summed E-state index contributed by atoms with van der Waals surface area (Å²) >= 11 is 0.